The molecular weight excluding hydrogens is 360 g/mol. The van der Waals surface area contributed by atoms with Crippen molar-refractivity contribution in [1.29, 1.82) is 0 Å². The van der Waals surface area contributed by atoms with E-state index in [1.165, 1.54) is 0 Å². The fourth-order valence-corrected chi connectivity index (χ4v) is 3.41. The predicted octanol–water partition coefficient (Wildman–Crippen LogP) is 5.21. The zero-order valence-corrected chi connectivity index (χ0v) is 12.4. The topological polar surface area (TPSA) is 17.1 Å². The molecule has 1 heterocycles. The van der Waals surface area contributed by atoms with Crippen LogP contribution in [0.2, 0.25) is 0 Å². The SMILES string of the molecule is Cc1cc(Br)c(C(=O)c2cc(C(F)(F)F)ccc2F)s1. The fourth-order valence-electron chi connectivity index (χ4n) is 1.64. The van der Waals surface area contributed by atoms with Gasteiger partial charge in [0.2, 0.25) is 5.78 Å². The quantitative estimate of drug-likeness (QED) is 0.526. The zero-order chi connectivity index (χ0) is 15.1. The van der Waals surface area contributed by atoms with Crippen molar-refractivity contribution in [1.82, 2.24) is 0 Å². The van der Waals surface area contributed by atoms with Crippen LogP contribution in [0.3, 0.4) is 0 Å². The van der Waals surface area contributed by atoms with Gasteiger partial charge in [0.15, 0.2) is 0 Å². The largest absolute Gasteiger partial charge is 0.416 e. The van der Waals surface area contributed by atoms with Gasteiger partial charge in [-0.15, -0.1) is 11.3 Å². The highest BCUT2D eigenvalue weighted by atomic mass is 79.9. The Kier molecular flexibility index (Phi) is 4.02. The van der Waals surface area contributed by atoms with Crippen LogP contribution in [0, 0.1) is 12.7 Å². The summed E-state index contributed by atoms with van der Waals surface area (Å²) in [5.74, 6) is -1.74. The van der Waals surface area contributed by atoms with Crippen LogP contribution in [0.5, 0.6) is 0 Å². The van der Waals surface area contributed by atoms with Crippen LogP contribution < -0.4 is 0 Å². The molecule has 0 saturated carbocycles. The van der Waals surface area contributed by atoms with Gasteiger partial charge in [0, 0.05) is 9.35 Å². The van der Waals surface area contributed by atoms with Crippen LogP contribution >= 0.6 is 27.3 Å². The highest BCUT2D eigenvalue weighted by Crippen LogP contribution is 2.33. The van der Waals surface area contributed by atoms with E-state index in [0.29, 0.717) is 22.7 Å². The Bertz CT molecular complexity index is 675. The van der Waals surface area contributed by atoms with Crippen molar-refractivity contribution in [2.24, 2.45) is 0 Å². The van der Waals surface area contributed by atoms with Crippen LogP contribution in [0.15, 0.2) is 28.7 Å². The number of hydrogen-bond acceptors (Lipinski definition) is 2. The number of benzene rings is 1. The third-order valence-electron chi connectivity index (χ3n) is 2.55. The highest BCUT2D eigenvalue weighted by Gasteiger charge is 2.32. The van der Waals surface area contributed by atoms with E-state index >= 15 is 0 Å². The molecule has 1 aromatic heterocycles. The fraction of sp³-hybridized carbons (Fsp3) is 0.154. The molecule has 20 heavy (non-hydrogen) atoms. The van der Waals surface area contributed by atoms with E-state index in [1.54, 1.807) is 13.0 Å². The Morgan fingerprint density at radius 2 is 1.90 bits per heavy atom. The van der Waals surface area contributed by atoms with Gasteiger partial charge < -0.3 is 0 Å². The number of hydrogen-bond donors (Lipinski definition) is 0. The average Bonchev–Trinajstić information content (AvgIpc) is 2.66. The molecule has 1 aromatic carbocycles. The number of rotatable bonds is 2. The Hall–Kier alpha value is -1.21. The molecule has 1 nitrogen and oxygen atoms in total. The summed E-state index contributed by atoms with van der Waals surface area (Å²) >= 11 is 4.24. The Balaban J connectivity index is 2.52. The van der Waals surface area contributed by atoms with Crippen LogP contribution in [0.25, 0.3) is 0 Å². The van der Waals surface area contributed by atoms with Crippen molar-refractivity contribution in [3.05, 3.63) is 55.4 Å². The lowest BCUT2D eigenvalue weighted by Gasteiger charge is -2.09. The first-order chi connectivity index (χ1) is 9.20. The van der Waals surface area contributed by atoms with Gasteiger partial charge in [-0.1, -0.05) is 0 Å². The lowest BCUT2D eigenvalue weighted by atomic mass is 10.1. The molecule has 106 valence electrons. The first kappa shape index (κ1) is 15.2. The molecule has 0 bridgehead atoms. The summed E-state index contributed by atoms with van der Waals surface area (Å²) in [5.41, 5.74) is -1.63. The molecule has 2 rings (SSSR count). The number of ketones is 1. The Morgan fingerprint density at radius 3 is 2.40 bits per heavy atom. The van der Waals surface area contributed by atoms with E-state index in [4.69, 9.17) is 0 Å². The summed E-state index contributed by atoms with van der Waals surface area (Å²) in [6.45, 7) is 1.74. The van der Waals surface area contributed by atoms with Gasteiger partial charge in [-0.3, -0.25) is 4.79 Å². The second kappa shape index (κ2) is 5.29. The number of halogens is 5. The van der Waals surface area contributed by atoms with E-state index in [1.807, 2.05) is 0 Å². The molecular formula is C13H7BrF4OS. The molecule has 0 unspecified atom stereocenters. The summed E-state index contributed by atoms with van der Waals surface area (Å²) in [5, 5.41) is 0. The minimum absolute atomic E-state index is 0.181. The van der Waals surface area contributed by atoms with Crippen molar-refractivity contribution in [3.63, 3.8) is 0 Å². The molecule has 0 saturated heterocycles. The van der Waals surface area contributed by atoms with Gasteiger partial charge in [-0.05, 0) is 47.1 Å². The molecule has 0 aliphatic heterocycles. The van der Waals surface area contributed by atoms with E-state index in [-0.39, 0.29) is 4.88 Å². The normalized spacial score (nSPS) is 11.7. The maximum absolute atomic E-state index is 13.6. The van der Waals surface area contributed by atoms with Crippen LogP contribution in [0.4, 0.5) is 17.6 Å². The van der Waals surface area contributed by atoms with Crippen LogP contribution in [-0.4, -0.2) is 5.78 Å². The highest BCUT2D eigenvalue weighted by molar-refractivity contribution is 9.10. The number of carbonyl (C=O) groups is 1. The maximum atomic E-state index is 13.6. The van der Waals surface area contributed by atoms with Crippen molar-refractivity contribution in [2.45, 2.75) is 13.1 Å². The Morgan fingerprint density at radius 1 is 1.25 bits per heavy atom. The molecule has 0 atom stereocenters. The minimum atomic E-state index is -4.62. The van der Waals surface area contributed by atoms with Crippen LogP contribution in [-0.2, 0) is 6.18 Å². The zero-order valence-electron chi connectivity index (χ0n) is 10.0. The summed E-state index contributed by atoms with van der Waals surface area (Å²) < 4.78 is 51.9. The summed E-state index contributed by atoms with van der Waals surface area (Å²) in [6, 6.07) is 3.47. The van der Waals surface area contributed by atoms with Gasteiger partial charge in [0.1, 0.15) is 5.82 Å². The average molecular weight is 367 g/mol. The third kappa shape index (κ3) is 2.93. The summed E-state index contributed by atoms with van der Waals surface area (Å²) in [6.07, 6.45) is -4.62. The van der Waals surface area contributed by atoms with Crippen LogP contribution in [0.1, 0.15) is 25.7 Å². The lowest BCUT2D eigenvalue weighted by Crippen LogP contribution is -2.09. The van der Waals surface area contributed by atoms with Crippen molar-refractivity contribution >= 4 is 33.0 Å². The summed E-state index contributed by atoms with van der Waals surface area (Å²) in [4.78, 5) is 13.1. The van der Waals surface area contributed by atoms with Gasteiger partial charge in [-0.2, -0.15) is 13.2 Å². The van der Waals surface area contributed by atoms with E-state index < -0.39 is 28.9 Å². The number of alkyl halides is 3. The third-order valence-corrected chi connectivity index (χ3v) is 4.49. The molecule has 0 spiro atoms. The molecule has 0 radical (unpaired) electrons. The molecule has 0 amide bonds. The second-order valence-corrected chi connectivity index (χ2v) is 6.17. The molecule has 0 fully saturated rings. The Labute approximate surface area is 124 Å². The smallest absolute Gasteiger partial charge is 0.288 e. The molecule has 7 heteroatoms. The minimum Gasteiger partial charge on any atom is -0.288 e. The molecule has 0 aliphatic carbocycles. The molecule has 2 aromatic rings. The number of thiophene rings is 1. The van der Waals surface area contributed by atoms with Crippen molar-refractivity contribution < 1.29 is 22.4 Å². The van der Waals surface area contributed by atoms with Gasteiger partial charge >= 0.3 is 6.18 Å². The number of aryl methyl sites for hydroxylation is 1. The van der Waals surface area contributed by atoms with Gasteiger partial charge in [0.25, 0.3) is 0 Å². The van der Waals surface area contributed by atoms with Gasteiger partial charge in [-0.25, -0.2) is 4.39 Å². The molecule has 0 N–H and O–H groups in total. The van der Waals surface area contributed by atoms with Crippen molar-refractivity contribution in [2.75, 3.05) is 0 Å². The first-order valence-corrected chi connectivity index (χ1v) is 6.98. The second-order valence-electron chi connectivity index (χ2n) is 4.06. The van der Waals surface area contributed by atoms with E-state index in [0.717, 1.165) is 16.2 Å². The predicted molar refractivity (Wildman–Crippen MR) is 71.6 cm³/mol. The van der Waals surface area contributed by atoms with E-state index in [9.17, 15) is 22.4 Å². The standard InChI is InChI=1S/C13H7BrF4OS/c1-6-4-9(14)12(20-6)11(19)8-5-7(13(16,17)18)2-3-10(8)15/h2-5H,1H3. The van der Waals surface area contributed by atoms with Crippen molar-refractivity contribution in [3.8, 4) is 0 Å². The lowest BCUT2D eigenvalue weighted by molar-refractivity contribution is -0.137. The summed E-state index contributed by atoms with van der Waals surface area (Å²) in [7, 11) is 0. The monoisotopic (exact) mass is 366 g/mol. The first-order valence-electron chi connectivity index (χ1n) is 5.37. The van der Waals surface area contributed by atoms with Gasteiger partial charge in [0.05, 0.1) is 16.0 Å². The maximum Gasteiger partial charge on any atom is 0.416 e. The molecule has 0 aliphatic rings. The van der Waals surface area contributed by atoms with E-state index in [2.05, 4.69) is 15.9 Å². The number of carbonyl (C=O) groups excluding carboxylic acids is 1.